The average molecular weight is 1110 g/mol. The molecule has 2 heterocycles. The van der Waals surface area contributed by atoms with Gasteiger partial charge in [-0.15, -0.1) is 0 Å². The molecular formula is C80H84N2O2. The fraction of sp³-hybridized carbons (Fsp3) is 0.300. The zero-order chi connectivity index (χ0) is 57.5. The number of hydrogen-bond donors (Lipinski definition) is 0. The highest BCUT2D eigenvalue weighted by atomic mass is 16.5. The van der Waals surface area contributed by atoms with Crippen molar-refractivity contribution in [3.05, 3.63) is 194 Å². The van der Waals surface area contributed by atoms with E-state index in [4.69, 9.17) is 9.47 Å². The number of rotatable bonds is 25. The summed E-state index contributed by atoms with van der Waals surface area (Å²) in [6.45, 7) is 17.2. The first kappa shape index (κ1) is 56.4. The molecule has 12 aromatic rings. The van der Waals surface area contributed by atoms with Crippen LogP contribution in [0.25, 0.3) is 121 Å². The molecule has 12 rings (SSSR count). The quantitative estimate of drug-likeness (QED) is 0.0534. The summed E-state index contributed by atoms with van der Waals surface area (Å²) in [5.74, 6) is 3.08. The molecule has 0 bridgehead atoms. The number of fused-ring (bicyclic) bond motifs is 8. The molecule has 4 heteroatoms. The van der Waals surface area contributed by atoms with Gasteiger partial charge < -0.3 is 18.6 Å². The van der Waals surface area contributed by atoms with E-state index in [0.717, 1.165) is 72.2 Å². The molecule has 426 valence electrons. The second kappa shape index (κ2) is 25.8. The van der Waals surface area contributed by atoms with Gasteiger partial charge in [-0.3, -0.25) is 0 Å². The number of unbranched alkanes of at least 4 members (excludes halogenated alkanes) is 4. The second-order valence-corrected chi connectivity index (χ2v) is 23.9. The largest absolute Gasteiger partial charge is 0.493 e. The molecule has 2 aromatic heterocycles. The fourth-order valence-electron chi connectivity index (χ4n) is 13.3. The van der Waals surface area contributed by atoms with Crippen LogP contribution in [0.4, 0.5) is 0 Å². The van der Waals surface area contributed by atoms with Crippen molar-refractivity contribution < 1.29 is 9.47 Å². The molecule has 0 spiro atoms. The molecule has 0 aliphatic rings. The smallest absolute Gasteiger partial charge is 0.127 e. The van der Waals surface area contributed by atoms with Crippen LogP contribution in [0.5, 0.6) is 11.5 Å². The van der Waals surface area contributed by atoms with Crippen molar-refractivity contribution in [3.8, 4) is 67.1 Å². The van der Waals surface area contributed by atoms with E-state index in [1.807, 2.05) is 0 Å². The van der Waals surface area contributed by atoms with Gasteiger partial charge in [0.25, 0.3) is 0 Å². The SMILES string of the molecule is CCCCOc1ccc2cc(-c3cccc(-c4ccc5c6ccccc6n(CC(CC)CCCC)c5c4)c3)ccc2c1-c1c(OCCCC)ccc2cc(-c3cccc(-c4ccc5c6ccccc6n(CC(CC)CCCC)c5c4)c3)ccc12. The first-order valence-corrected chi connectivity index (χ1v) is 32.0. The normalized spacial score (nSPS) is 12.6. The van der Waals surface area contributed by atoms with E-state index in [1.165, 1.54) is 150 Å². The monoisotopic (exact) mass is 1100 g/mol. The Morgan fingerprint density at radius 1 is 0.310 bits per heavy atom. The summed E-state index contributed by atoms with van der Waals surface area (Å²) in [4.78, 5) is 0. The number of aromatic nitrogens is 2. The molecular weight excluding hydrogens is 1020 g/mol. The van der Waals surface area contributed by atoms with Crippen LogP contribution in [-0.2, 0) is 13.1 Å². The van der Waals surface area contributed by atoms with Gasteiger partial charge in [-0.25, -0.2) is 0 Å². The lowest BCUT2D eigenvalue weighted by Gasteiger charge is -2.20. The van der Waals surface area contributed by atoms with Crippen LogP contribution in [0.1, 0.15) is 119 Å². The van der Waals surface area contributed by atoms with E-state index in [1.54, 1.807) is 0 Å². The summed E-state index contributed by atoms with van der Waals surface area (Å²) in [5.41, 5.74) is 17.2. The van der Waals surface area contributed by atoms with Gasteiger partial charge >= 0.3 is 0 Å². The lowest BCUT2D eigenvalue weighted by atomic mass is 9.89. The van der Waals surface area contributed by atoms with Crippen molar-refractivity contribution in [1.29, 1.82) is 0 Å². The highest BCUT2D eigenvalue weighted by molar-refractivity contribution is 6.12. The Morgan fingerprint density at radius 2 is 0.667 bits per heavy atom. The van der Waals surface area contributed by atoms with Crippen molar-refractivity contribution in [2.75, 3.05) is 13.2 Å². The van der Waals surface area contributed by atoms with Crippen molar-refractivity contribution in [2.24, 2.45) is 11.8 Å². The molecule has 0 amide bonds. The number of nitrogens with zero attached hydrogens (tertiary/aromatic N) is 2. The fourth-order valence-corrected chi connectivity index (χ4v) is 13.3. The number of para-hydroxylation sites is 2. The molecule has 2 atom stereocenters. The highest BCUT2D eigenvalue weighted by Crippen LogP contribution is 2.48. The Balaban J connectivity index is 0.917. The van der Waals surface area contributed by atoms with Gasteiger partial charge in [-0.2, -0.15) is 0 Å². The van der Waals surface area contributed by atoms with E-state index >= 15 is 0 Å². The third-order valence-corrected chi connectivity index (χ3v) is 18.3. The van der Waals surface area contributed by atoms with E-state index in [9.17, 15) is 0 Å². The average Bonchev–Trinajstić information content (AvgIpc) is 2.96. The standard InChI is InChI=1S/C80H84N2O2/c1-7-13-23-55(11-5)53-81-73-31-19-17-29-69(73)71-41-35-63(51-75(71)81)59-27-21-25-57(47-59)61-33-39-67-65(49-61)37-43-77(83-45-15-9-3)79(67)80-68-40-34-62(50-66(68)38-44-78(80)84-46-16-10-4)58-26-22-28-60(48-58)64-36-42-72-70-30-18-20-32-74(70)82(76(72)52-64)54-56(12-6)24-14-8-2/h17-22,25-44,47-52,55-56H,7-16,23-24,45-46,53-54H2,1-6H3. The Morgan fingerprint density at radius 3 is 1.06 bits per heavy atom. The molecule has 10 aromatic carbocycles. The minimum absolute atomic E-state index is 0.648. The lowest BCUT2D eigenvalue weighted by Crippen LogP contribution is -2.10. The summed E-state index contributed by atoms with van der Waals surface area (Å²) in [5, 5.41) is 9.97. The molecule has 0 radical (unpaired) electrons. The van der Waals surface area contributed by atoms with Gasteiger partial charge in [0.15, 0.2) is 0 Å². The Labute approximate surface area is 499 Å². The van der Waals surface area contributed by atoms with Crippen LogP contribution in [0.3, 0.4) is 0 Å². The molecule has 2 unspecified atom stereocenters. The Kier molecular flexibility index (Phi) is 17.3. The van der Waals surface area contributed by atoms with Gasteiger partial charge in [0.2, 0.25) is 0 Å². The summed E-state index contributed by atoms with van der Waals surface area (Å²) in [6.07, 6.45) is 14.0. The zero-order valence-electron chi connectivity index (χ0n) is 50.7. The van der Waals surface area contributed by atoms with E-state index in [2.05, 4.69) is 245 Å². The van der Waals surface area contributed by atoms with E-state index in [0.29, 0.717) is 25.0 Å². The number of hydrogen-bond acceptors (Lipinski definition) is 2. The van der Waals surface area contributed by atoms with Gasteiger partial charge in [-0.1, -0.05) is 226 Å². The van der Waals surface area contributed by atoms with Crippen LogP contribution < -0.4 is 9.47 Å². The topological polar surface area (TPSA) is 28.3 Å². The molecule has 0 saturated carbocycles. The third kappa shape index (κ3) is 11.4. The highest BCUT2D eigenvalue weighted by Gasteiger charge is 2.22. The van der Waals surface area contributed by atoms with Gasteiger partial charge in [0.05, 0.1) is 13.2 Å². The van der Waals surface area contributed by atoms with E-state index < -0.39 is 0 Å². The number of ether oxygens (including phenoxy) is 2. The van der Waals surface area contributed by atoms with Crippen molar-refractivity contribution in [3.63, 3.8) is 0 Å². The van der Waals surface area contributed by atoms with Crippen LogP contribution >= 0.6 is 0 Å². The third-order valence-electron chi connectivity index (χ3n) is 18.3. The number of benzene rings is 10. The Bertz CT molecular complexity index is 3990. The van der Waals surface area contributed by atoms with E-state index in [-0.39, 0.29) is 0 Å². The summed E-state index contributed by atoms with van der Waals surface area (Å²) in [7, 11) is 0. The van der Waals surface area contributed by atoms with Crippen molar-refractivity contribution in [2.45, 2.75) is 132 Å². The maximum atomic E-state index is 6.83. The summed E-state index contributed by atoms with van der Waals surface area (Å²) < 4.78 is 18.9. The minimum Gasteiger partial charge on any atom is -0.493 e. The molecule has 0 fully saturated rings. The van der Waals surface area contributed by atoms with Crippen molar-refractivity contribution in [1.82, 2.24) is 9.13 Å². The van der Waals surface area contributed by atoms with Crippen LogP contribution in [0.15, 0.2) is 194 Å². The predicted molar refractivity (Wildman–Crippen MR) is 362 cm³/mol. The molecule has 0 saturated heterocycles. The van der Waals surface area contributed by atoms with Crippen molar-refractivity contribution >= 4 is 65.2 Å². The molecule has 84 heavy (non-hydrogen) atoms. The molecule has 0 aliphatic heterocycles. The van der Waals surface area contributed by atoms with Crippen LogP contribution in [0, 0.1) is 11.8 Å². The van der Waals surface area contributed by atoms with Gasteiger partial charge in [-0.05, 0) is 164 Å². The van der Waals surface area contributed by atoms with Crippen LogP contribution in [-0.4, -0.2) is 22.3 Å². The summed E-state index contributed by atoms with van der Waals surface area (Å²) in [6, 6.07) is 73.4. The second-order valence-electron chi connectivity index (χ2n) is 23.9. The molecule has 0 N–H and O–H groups in total. The first-order chi connectivity index (χ1) is 41.4. The first-order valence-electron chi connectivity index (χ1n) is 32.0. The van der Waals surface area contributed by atoms with Gasteiger partial charge in [0.1, 0.15) is 11.5 Å². The predicted octanol–water partition coefficient (Wildman–Crippen LogP) is 23.3. The maximum absolute atomic E-state index is 6.83. The Hall–Kier alpha value is -8.08. The summed E-state index contributed by atoms with van der Waals surface area (Å²) >= 11 is 0. The molecule has 0 aliphatic carbocycles. The minimum atomic E-state index is 0.648. The van der Waals surface area contributed by atoms with Gasteiger partial charge in [0, 0.05) is 67.8 Å². The van der Waals surface area contributed by atoms with Crippen LogP contribution in [0.2, 0.25) is 0 Å². The zero-order valence-corrected chi connectivity index (χ0v) is 50.7. The molecule has 4 nitrogen and oxygen atoms in total. The lowest BCUT2D eigenvalue weighted by molar-refractivity contribution is 0.306. The maximum Gasteiger partial charge on any atom is 0.127 e.